The van der Waals surface area contributed by atoms with E-state index >= 15 is 0 Å². The zero-order valence-electron chi connectivity index (χ0n) is 13.9. The van der Waals surface area contributed by atoms with Gasteiger partial charge in [-0.15, -0.1) is 24.8 Å². The van der Waals surface area contributed by atoms with Crippen LogP contribution in [0.1, 0.15) is 37.9 Å². The minimum atomic E-state index is -4.56. The average molecular weight is 391 g/mol. The number of benzene rings is 1. The third kappa shape index (κ3) is 5.48. The Balaban J connectivity index is 0.00000264. The monoisotopic (exact) mass is 390 g/mol. The van der Waals surface area contributed by atoms with Crippen LogP contribution in [0.5, 0.6) is 0 Å². The van der Waals surface area contributed by atoms with Crippen LogP contribution in [0.2, 0.25) is 0 Å². The van der Waals surface area contributed by atoms with Gasteiger partial charge in [-0.1, -0.05) is 26.8 Å². The number of hydrogen-bond acceptors (Lipinski definition) is 2. The lowest BCUT2D eigenvalue weighted by Gasteiger charge is -2.43. The van der Waals surface area contributed by atoms with Crippen LogP contribution in [0, 0.1) is 11.2 Å². The Morgan fingerprint density at radius 2 is 1.58 bits per heavy atom. The topological polar surface area (TPSA) is 15.3 Å². The Bertz CT molecular complexity index is 524. The summed E-state index contributed by atoms with van der Waals surface area (Å²) in [4.78, 5) is 2.05. The summed E-state index contributed by atoms with van der Waals surface area (Å²) in [6.45, 7) is 8.60. The molecule has 2 nitrogen and oxygen atoms in total. The summed E-state index contributed by atoms with van der Waals surface area (Å²) in [5.41, 5.74) is -1.11. The first kappa shape index (κ1) is 23.4. The van der Waals surface area contributed by atoms with Crippen LogP contribution in [0.4, 0.5) is 17.6 Å². The van der Waals surface area contributed by atoms with Crippen LogP contribution in [0.3, 0.4) is 0 Å². The SMILES string of the molecule is CC(C)(C)[C@H](c1ccc(F)cc1C(F)(F)F)N1CCNCC1.Cl.Cl. The van der Waals surface area contributed by atoms with Gasteiger partial charge in [0.2, 0.25) is 0 Å². The van der Waals surface area contributed by atoms with Crippen LogP contribution < -0.4 is 5.32 Å². The van der Waals surface area contributed by atoms with E-state index in [9.17, 15) is 17.6 Å². The van der Waals surface area contributed by atoms with Crippen molar-refractivity contribution in [3.8, 4) is 0 Å². The number of nitrogens with zero attached hydrogens (tertiary/aromatic N) is 1. The zero-order valence-corrected chi connectivity index (χ0v) is 15.5. The van der Waals surface area contributed by atoms with E-state index in [-0.39, 0.29) is 30.4 Å². The summed E-state index contributed by atoms with van der Waals surface area (Å²) in [7, 11) is 0. The van der Waals surface area contributed by atoms with E-state index in [2.05, 4.69) is 10.2 Å². The smallest absolute Gasteiger partial charge is 0.314 e. The second-order valence-electron chi connectivity index (χ2n) is 6.78. The van der Waals surface area contributed by atoms with Crippen LogP contribution in [-0.4, -0.2) is 31.1 Å². The molecule has 1 aromatic rings. The van der Waals surface area contributed by atoms with Gasteiger partial charge < -0.3 is 5.32 Å². The van der Waals surface area contributed by atoms with Gasteiger partial charge in [-0.3, -0.25) is 4.90 Å². The predicted molar refractivity (Wildman–Crippen MR) is 92.5 cm³/mol. The molecule has 1 atom stereocenters. The van der Waals surface area contributed by atoms with Gasteiger partial charge in [0.25, 0.3) is 0 Å². The van der Waals surface area contributed by atoms with Crippen molar-refractivity contribution < 1.29 is 17.6 Å². The molecule has 1 heterocycles. The molecule has 0 radical (unpaired) electrons. The number of alkyl halides is 3. The van der Waals surface area contributed by atoms with Gasteiger partial charge in [0.05, 0.1) is 5.56 Å². The van der Waals surface area contributed by atoms with E-state index in [0.717, 1.165) is 19.2 Å². The van der Waals surface area contributed by atoms with Crippen molar-refractivity contribution in [3.05, 3.63) is 35.1 Å². The Labute approximate surface area is 152 Å². The molecule has 1 fully saturated rings. The van der Waals surface area contributed by atoms with Gasteiger partial charge in [-0.05, 0) is 23.1 Å². The number of piperazine rings is 1. The lowest BCUT2D eigenvalue weighted by atomic mass is 9.79. The fraction of sp³-hybridized carbons (Fsp3) is 0.625. The van der Waals surface area contributed by atoms with Gasteiger partial charge in [0.1, 0.15) is 5.82 Å². The lowest BCUT2D eigenvalue weighted by Crippen LogP contribution is -2.48. The van der Waals surface area contributed by atoms with Crippen molar-refractivity contribution in [2.45, 2.75) is 33.0 Å². The molecule has 1 aromatic carbocycles. The van der Waals surface area contributed by atoms with Crippen LogP contribution in [0.25, 0.3) is 0 Å². The molecule has 0 saturated carbocycles. The first-order chi connectivity index (χ1) is 10.1. The molecular formula is C16H24Cl2F4N2. The summed E-state index contributed by atoms with van der Waals surface area (Å²) >= 11 is 0. The van der Waals surface area contributed by atoms with E-state index in [1.165, 1.54) is 6.07 Å². The highest BCUT2D eigenvalue weighted by molar-refractivity contribution is 5.85. The maximum atomic E-state index is 13.4. The number of nitrogens with one attached hydrogen (secondary N) is 1. The van der Waals surface area contributed by atoms with Crippen molar-refractivity contribution in [2.24, 2.45) is 5.41 Å². The molecule has 1 saturated heterocycles. The van der Waals surface area contributed by atoms with Crippen molar-refractivity contribution >= 4 is 24.8 Å². The van der Waals surface area contributed by atoms with Crippen molar-refractivity contribution in [2.75, 3.05) is 26.2 Å². The molecule has 2 rings (SSSR count). The average Bonchev–Trinajstić information content (AvgIpc) is 2.39. The largest absolute Gasteiger partial charge is 0.416 e. The summed E-state index contributed by atoms with van der Waals surface area (Å²) in [6.07, 6.45) is -4.56. The predicted octanol–water partition coefficient (Wildman–Crippen LogP) is 4.68. The third-order valence-electron chi connectivity index (χ3n) is 3.95. The summed E-state index contributed by atoms with van der Waals surface area (Å²) in [5, 5.41) is 3.20. The molecule has 0 unspecified atom stereocenters. The molecule has 0 spiro atoms. The molecule has 140 valence electrons. The van der Waals surface area contributed by atoms with Gasteiger partial charge in [-0.2, -0.15) is 13.2 Å². The molecule has 0 amide bonds. The highest BCUT2D eigenvalue weighted by Crippen LogP contribution is 2.44. The zero-order chi connectivity index (χ0) is 16.5. The second-order valence-corrected chi connectivity index (χ2v) is 6.78. The first-order valence-electron chi connectivity index (χ1n) is 7.42. The number of rotatable bonds is 2. The molecule has 0 bridgehead atoms. The molecule has 1 aliphatic heterocycles. The van der Waals surface area contributed by atoms with E-state index in [1.807, 2.05) is 20.8 Å². The molecule has 0 aliphatic carbocycles. The first-order valence-corrected chi connectivity index (χ1v) is 7.42. The highest BCUT2D eigenvalue weighted by Gasteiger charge is 2.40. The van der Waals surface area contributed by atoms with E-state index in [4.69, 9.17) is 0 Å². The maximum Gasteiger partial charge on any atom is 0.416 e. The molecule has 0 aromatic heterocycles. The molecular weight excluding hydrogens is 367 g/mol. The molecule has 8 heteroatoms. The maximum absolute atomic E-state index is 13.4. The minimum absolute atomic E-state index is 0. The molecule has 1 N–H and O–H groups in total. The van der Waals surface area contributed by atoms with Crippen LogP contribution in [0.15, 0.2) is 18.2 Å². The normalized spacial score (nSPS) is 17.6. The van der Waals surface area contributed by atoms with Gasteiger partial charge in [-0.25, -0.2) is 4.39 Å². The van der Waals surface area contributed by atoms with Crippen molar-refractivity contribution in [1.82, 2.24) is 10.2 Å². The van der Waals surface area contributed by atoms with Crippen molar-refractivity contribution in [3.63, 3.8) is 0 Å². The Morgan fingerprint density at radius 1 is 1.04 bits per heavy atom. The quantitative estimate of drug-likeness (QED) is 0.737. The second kappa shape index (κ2) is 8.70. The number of hydrogen-bond donors (Lipinski definition) is 1. The minimum Gasteiger partial charge on any atom is -0.314 e. The van der Waals surface area contributed by atoms with Gasteiger partial charge in [0.15, 0.2) is 0 Å². The molecule has 1 aliphatic rings. The van der Waals surface area contributed by atoms with Crippen LogP contribution >= 0.6 is 24.8 Å². The lowest BCUT2D eigenvalue weighted by molar-refractivity contribution is -0.139. The standard InChI is InChI=1S/C16H22F4N2.2ClH/c1-15(2,3)14(22-8-6-21-7-9-22)12-5-4-11(17)10-13(12)16(18,19)20;;/h4-5,10,14,21H,6-9H2,1-3H3;2*1H/t14-;;/m0../s1. The van der Waals surface area contributed by atoms with Crippen LogP contribution in [-0.2, 0) is 6.18 Å². The summed E-state index contributed by atoms with van der Waals surface area (Å²) in [6, 6.07) is 2.60. The van der Waals surface area contributed by atoms with Gasteiger partial charge in [0, 0.05) is 32.2 Å². The van der Waals surface area contributed by atoms with Gasteiger partial charge >= 0.3 is 6.18 Å². The van der Waals surface area contributed by atoms with E-state index < -0.39 is 29.0 Å². The Kier molecular flexibility index (Phi) is 8.49. The third-order valence-corrected chi connectivity index (χ3v) is 3.95. The summed E-state index contributed by atoms with van der Waals surface area (Å²) < 4.78 is 53.4. The van der Waals surface area contributed by atoms with Crippen molar-refractivity contribution in [1.29, 1.82) is 0 Å². The van der Waals surface area contributed by atoms with E-state index in [1.54, 1.807) is 0 Å². The fourth-order valence-electron chi connectivity index (χ4n) is 3.16. The molecule has 24 heavy (non-hydrogen) atoms. The fourth-order valence-corrected chi connectivity index (χ4v) is 3.16. The highest BCUT2D eigenvalue weighted by atomic mass is 35.5. The summed E-state index contributed by atoms with van der Waals surface area (Å²) in [5.74, 6) is -0.857. The number of halogens is 6. The Morgan fingerprint density at radius 3 is 2.04 bits per heavy atom. The van der Waals surface area contributed by atoms with E-state index in [0.29, 0.717) is 19.2 Å². The Hall–Kier alpha value is -0.560.